The summed E-state index contributed by atoms with van der Waals surface area (Å²) < 4.78 is 5.44. The zero-order valence-corrected chi connectivity index (χ0v) is 16.4. The molecule has 0 fully saturated rings. The molecule has 1 aromatic heterocycles. The van der Waals surface area contributed by atoms with Crippen LogP contribution in [-0.2, 0) is 5.41 Å². The van der Waals surface area contributed by atoms with Gasteiger partial charge < -0.3 is 9.84 Å². The summed E-state index contributed by atoms with van der Waals surface area (Å²) in [4.78, 5) is 1.54. The Labute approximate surface area is 154 Å². The van der Waals surface area contributed by atoms with Gasteiger partial charge in [-0.05, 0) is 47.1 Å². The second kappa shape index (κ2) is 6.31. The summed E-state index contributed by atoms with van der Waals surface area (Å²) in [7, 11) is 1.54. The van der Waals surface area contributed by atoms with E-state index in [9.17, 15) is 5.11 Å². The molecule has 0 saturated carbocycles. The average Bonchev–Trinajstić information content (AvgIpc) is 2.95. The molecule has 0 amide bonds. The van der Waals surface area contributed by atoms with E-state index in [-0.39, 0.29) is 16.6 Å². The van der Waals surface area contributed by atoms with Crippen LogP contribution in [0.3, 0.4) is 0 Å². The van der Waals surface area contributed by atoms with Gasteiger partial charge in [-0.25, -0.2) is 0 Å². The van der Waals surface area contributed by atoms with Crippen molar-refractivity contribution in [2.45, 2.75) is 46.5 Å². The number of methoxy groups -OCH3 is 1. The van der Waals surface area contributed by atoms with Crippen LogP contribution in [-0.4, -0.2) is 27.2 Å². The van der Waals surface area contributed by atoms with Crippen LogP contribution >= 0.6 is 0 Å². The Hall–Kier alpha value is -2.56. The molecule has 0 atom stereocenters. The summed E-state index contributed by atoms with van der Waals surface area (Å²) in [6.45, 7) is 11.1. The van der Waals surface area contributed by atoms with Gasteiger partial charge in [-0.2, -0.15) is 0 Å². The van der Waals surface area contributed by atoms with E-state index in [2.05, 4.69) is 44.8 Å². The van der Waals surface area contributed by atoms with Crippen molar-refractivity contribution in [1.82, 2.24) is 15.0 Å². The number of ether oxygens (including phenoxy) is 1. The number of hydrogen-bond donors (Lipinski definition) is 1. The summed E-state index contributed by atoms with van der Waals surface area (Å²) in [5.74, 6) is 0.476. The van der Waals surface area contributed by atoms with Crippen molar-refractivity contribution in [2.24, 2.45) is 5.41 Å². The molecule has 2 aromatic carbocycles. The molecule has 0 aliphatic carbocycles. The molecular formula is C21H27N3O2. The highest BCUT2D eigenvalue weighted by Gasteiger charge is 2.29. The molecule has 0 saturated heterocycles. The molecule has 0 spiro atoms. The molecule has 0 unspecified atom stereocenters. The summed E-state index contributed by atoms with van der Waals surface area (Å²) in [6, 6.07) is 11.5. The van der Waals surface area contributed by atoms with Gasteiger partial charge in [0.1, 0.15) is 16.7 Å². The van der Waals surface area contributed by atoms with E-state index in [0.29, 0.717) is 11.4 Å². The maximum absolute atomic E-state index is 10.6. The summed E-state index contributed by atoms with van der Waals surface area (Å²) >= 11 is 0. The van der Waals surface area contributed by atoms with E-state index >= 15 is 0 Å². The Morgan fingerprint density at radius 1 is 1.00 bits per heavy atom. The second-order valence-corrected chi connectivity index (χ2v) is 8.65. The van der Waals surface area contributed by atoms with Crippen molar-refractivity contribution in [3.05, 3.63) is 42.0 Å². The number of aromatic nitrogens is 3. The number of nitrogens with zero attached hydrogens (tertiary/aromatic N) is 3. The van der Waals surface area contributed by atoms with Crippen LogP contribution < -0.4 is 4.74 Å². The molecule has 1 heterocycles. The van der Waals surface area contributed by atoms with Crippen LogP contribution in [0, 0.1) is 5.41 Å². The monoisotopic (exact) mass is 353 g/mol. The highest BCUT2D eigenvalue weighted by Crippen LogP contribution is 2.42. The number of phenolic OH excluding ortho intramolecular Hbond substituents is 1. The minimum absolute atomic E-state index is 0.100. The van der Waals surface area contributed by atoms with Gasteiger partial charge in [0.15, 0.2) is 11.5 Å². The first kappa shape index (κ1) is 18.2. The van der Waals surface area contributed by atoms with Crippen molar-refractivity contribution in [2.75, 3.05) is 7.11 Å². The predicted molar refractivity (Wildman–Crippen MR) is 104 cm³/mol. The zero-order valence-electron chi connectivity index (χ0n) is 16.4. The van der Waals surface area contributed by atoms with Gasteiger partial charge in [0.25, 0.3) is 0 Å². The summed E-state index contributed by atoms with van der Waals surface area (Å²) in [5.41, 5.74) is 3.31. The van der Waals surface area contributed by atoms with E-state index in [4.69, 9.17) is 4.74 Å². The maximum Gasteiger partial charge on any atom is 0.188 e. The molecule has 3 aromatic rings. The van der Waals surface area contributed by atoms with Crippen molar-refractivity contribution in [3.8, 4) is 17.2 Å². The van der Waals surface area contributed by atoms with Gasteiger partial charge in [0, 0.05) is 0 Å². The van der Waals surface area contributed by atoms with Gasteiger partial charge in [-0.3, -0.25) is 0 Å². The largest absolute Gasteiger partial charge is 0.504 e. The fourth-order valence-electron chi connectivity index (χ4n) is 3.74. The molecule has 0 bridgehead atoms. The van der Waals surface area contributed by atoms with Crippen molar-refractivity contribution in [3.63, 3.8) is 0 Å². The third-order valence-electron chi connectivity index (χ3n) is 4.51. The SMILES string of the molecule is COc1c(O)cc(C(C)(C)CC(C)(C)C)cc1-n1nc2ccccc2n1. The van der Waals surface area contributed by atoms with E-state index in [1.165, 1.54) is 0 Å². The first-order valence-corrected chi connectivity index (χ1v) is 8.85. The number of hydrogen-bond acceptors (Lipinski definition) is 4. The smallest absolute Gasteiger partial charge is 0.188 e. The van der Waals surface area contributed by atoms with Crippen molar-refractivity contribution >= 4 is 11.0 Å². The molecule has 0 radical (unpaired) electrons. The average molecular weight is 353 g/mol. The Kier molecular flexibility index (Phi) is 4.42. The third-order valence-corrected chi connectivity index (χ3v) is 4.51. The second-order valence-electron chi connectivity index (χ2n) is 8.65. The minimum atomic E-state index is -0.122. The lowest BCUT2D eigenvalue weighted by Gasteiger charge is -2.33. The number of benzene rings is 2. The lowest BCUT2D eigenvalue weighted by Crippen LogP contribution is -2.25. The van der Waals surface area contributed by atoms with Crippen LogP contribution in [0.2, 0.25) is 0 Å². The van der Waals surface area contributed by atoms with E-state index in [1.807, 2.05) is 30.3 Å². The van der Waals surface area contributed by atoms with E-state index < -0.39 is 0 Å². The zero-order chi connectivity index (χ0) is 19.1. The Bertz CT molecular complexity index is 903. The topological polar surface area (TPSA) is 60.2 Å². The molecule has 1 N–H and O–H groups in total. The standard InChI is InChI=1S/C21H27N3O2/c1-20(2,3)13-21(4,5)14-11-17(19(26-6)18(25)12-14)24-22-15-9-7-8-10-16(15)23-24/h7-12,25H,13H2,1-6H3. The van der Waals surface area contributed by atoms with Gasteiger partial charge >= 0.3 is 0 Å². The van der Waals surface area contributed by atoms with Gasteiger partial charge in [0.2, 0.25) is 0 Å². The molecule has 0 aliphatic heterocycles. The lowest BCUT2D eigenvalue weighted by molar-refractivity contribution is 0.283. The number of aromatic hydroxyl groups is 1. The fourth-order valence-corrected chi connectivity index (χ4v) is 3.74. The van der Waals surface area contributed by atoms with Crippen molar-refractivity contribution in [1.29, 1.82) is 0 Å². The molecule has 5 nitrogen and oxygen atoms in total. The highest BCUT2D eigenvalue weighted by atomic mass is 16.5. The molecule has 5 heteroatoms. The van der Waals surface area contributed by atoms with E-state index in [1.54, 1.807) is 18.0 Å². The van der Waals surface area contributed by atoms with E-state index in [0.717, 1.165) is 23.0 Å². The Morgan fingerprint density at radius 2 is 1.58 bits per heavy atom. The number of fused-ring (bicyclic) bond motifs is 1. The Morgan fingerprint density at radius 3 is 2.08 bits per heavy atom. The van der Waals surface area contributed by atoms with Gasteiger partial charge in [-0.15, -0.1) is 15.0 Å². The van der Waals surface area contributed by atoms with Crippen LogP contribution in [0.5, 0.6) is 11.5 Å². The van der Waals surface area contributed by atoms with Crippen LogP contribution in [0.25, 0.3) is 16.7 Å². The third kappa shape index (κ3) is 3.52. The van der Waals surface area contributed by atoms with Crippen LogP contribution in [0.1, 0.15) is 46.6 Å². The van der Waals surface area contributed by atoms with Crippen LogP contribution in [0.4, 0.5) is 0 Å². The fraction of sp³-hybridized carbons (Fsp3) is 0.429. The van der Waals surface area contributed by atoms with Gasteiger partial charge in [-0.1, -0.05) is 46.8 Å². The number of phenols is 1. The molecule has 138 valence electrons. The highest BCUT2D eigenvalue weighted by molar-refractivity contribution is 5.74. The summed E-state index contributed by atoms with van der Waals surface area (Å²) in [6.07, 6.45) is 0.972. The number of rotatable bonds is 4. The first-order valence-electron chi connectivity index (χ1n) is 8.85. The minimum Gasteiger partial charge on any atom is -0.504 e. The first-order chi connectivity index (χ1) is 12.1. The normalized spacial score (nSPS) is 12.5. The quantitative estimate of drug-likeness (QED) is 0.728. The molecule has 0 aliphatic rings. The Balaban J connectivity index is 2.16. The van der Waals surface area contributed by atoms with Gasteiger partial charge in [0.05, 0.1) is 7.11 Å². The van der Waals surface area contributed by atoms with Crippen molar-refractivity contribution < 1.29 is 9.84 Å². The maximum atomic E-state index is 10.6. The molecule has 26 heavy (non-hydrogen) atoms. The predicted octanol–water partition coefficient (Wildman–Crippen LogP) is 4.85. The molecular weight excluding hydrogens is 326 g/mol. The summed E-state index contributed by atoms with van der Waals surface area (Å²) in [5, 5.41) is 19.7. The lowest BCUT2D eigenvalue weighted by atomic mass is 9.72. The molecule has 3 rings (SSSR count). The van der Waals surface area contributed by atoms with Crippen LogP contribution in [0.15, 0.2) is 36.4 Å².